The molecule has 0 saturated carbocycles. The van der Waals surface area contributed by atoms with Gasteiger partial charge in [0.1, 0.15) is 6.33 Å². The highest BCUT2D eigenvalue weighted by Gasteiger charge is 2.27. The molecular formula is C15H21N5O2. The molecule has 0 spiro atoms. The molecule has 0 unspecified atom stereocenters. The number of aliphatic hydroxyl groups excluding tert-OH is 1. The Balaban J connectivity index is 2.24. The molecule has 1 amide bonds. The van der Waals surface area contributed by atoms with Gasteiger partial charge in [-0.05, 0) is 21.9 Å². The lowest BCUT2D eigenvalue weighted by Gasteiger charge is -2.25. The predicted octanol–water partition coefficient (Wildman–Crippen LogP) is 0.786. The number of amides is 1. The molecule has 1 aromatic heterocycles. The fourth-order valence-electron chi connectivity index (χ4n) is 2.26. The molecule has 2 N–H and O–H groups in total. The maximum absolute atomic E-state index is 12.7. The normalized spacial score (nSPS) is 15.0. The van der Waals surface area contributed by atoms with E-state index in [1.54, 1.807) is 0 Å². The Kier molecular flexibility index (Phi) is 5.60. The van der Waals surface area contributed by atoms with Crippen molar-refractivity contribution in [1.29, 1.82) is 0 Å². The lowest BCUT2D eigenvalue weighted by atomic mass is 9.98. The summed E-state index contributed by atoms with van der Waals surface area (Å²) in [5.41, 5.74) is 0.785. The van der Waals surface area contributed by atoms with Gasteiger partial charge in [-0.15, -0.1) is 5.10 Å². The molecule has 0 fully saturated rings. The number of benzene rings is 1. The smallest absolute Gasteiger partial charge is 0.249 e. The van der Waals surface area contributed by atoms with E-state index >= 15 is 0 Å². The van der Waals surface area contributed by atoms with Crippen molar-refractivity contribution in [1.82, 2.24) is 25.5 Å². The van der Waals surface area contributed by atoms with Gasteiger partial charge in [0, 0.05) is 0 Å². The third kappa shape index (κ3) is 3.67. The summed E-state index contributed by atoms with van der Waals surface area (Å²) < 4.78 is 1.41. The fraction of sp³-hybridized carbons (Fsp3) is 0.467. The van der Waals surface area contributed by atoms with E-state index in [-0.39, 0.29) is 24.5 Å². The maximum Gasteiger partial charge on any atom is 0.249 e. The minimum Gasteiger partial charge on any atom is -0.394 e. The van der Waals surface area contributed by atoms with Crippen LogP contribution in [0.4, 0.5) is 0 Å². The van der Waals surface area contributed by atoms with Crippen LogP contribution in [0.3, 0.4) is 0 Å². The van der Waals surface area contributed by atoms with E-state index in [1.807, 2.05) is 44.2 Å². The van der Waals surface area contributed by atoms with Crippen LogP contribution in [0, 0.1) is 5.92 Å². The van der Waals surface area contributed by atoms with E-state index in [2.05, 4.69) is 20.8 Å². The van der Waals surface area contributed by atoms with E-state index in [0.29, 0.717) is 0 Å². The van der Waals surface area contributed by atoms with E-state index in [4.69, 9.17) is 0 Å². The molecule has 2 aromatic rings. The van der Waals surface area contributed by atoms with Crippen molar-refractivity contribution in [2.75, 3.05) is 6.61 Å². The number of rotatable bonds is 7. The number of aliphatic hydroxyl groups is 1. The maximum atomic E-state index is 12.7. The average molecular weight is 303 g/mol. The van der Waals surface area contributed by atoms with Gasteiger partial charge in [0.25, 0.3) is 0 Å². The van der Waals surface area contributed by atoms with Crippen LogP contribution in [0.1, 0.15) is 31.9 Å². The molecule has 118 valence electrons. The largest absolute Gasteiger partial charge is 0.394 e. The predicted molar refractivity (Wildman–Crippen MR) is 80.9 cm³/mol. The van der Waals surface area contributed by atoms with Gasteiger partial charge in [-0.25, -0.2) is 4.68 Å². The number of tetrazole rings is 1. The Labute approximate surface area is 129 Å². The summed E-state index contributed by atoms with van der Waals surface area (Å²) in [4.78, 5) is 12.7. The van der Waals surface area contributed by atoms with Gasteiger partial charge in [0.2, 0.25) is 5.91 Å². The Bertz CT molecular complexity index is 573. The van der Waals surface area contributed by atoms with Crippen molar-refractivity contribution >= 4 is 5.91 Å². The fourth-order valence-corrected chi connectivity index (χ4v) is 2.26. The number of carbonyl (C=O) groups is 1. The Morgan fingerprint density at radius 1 is 1.36 bits per heavy atom. The topological polar surface area (TPSA) is 92.9 Å². The average Bonchev–Trinajstić information content (AvgIpc) is 3.07. The highest BCUT2D eigenvalue weighted by atomic mass is 16.3. The minimum absolute atomic E-state index is 0.0993. The molecule has 0 radical (unpaired) electrons. The van der Waals surface area contributed by atoms with E-state index in [0.717, 1.165) is 12.0 Å². The SMILES string of the molecule is CC[C@H](C)[C@H](CO)NC(=O)[C@H](c1ccccc1)n1cnnn1. The van der Waals surface area contributed by atoms with E-state index in [9.17, 15) is 9.90 Å². The summed E-state index contributed by atoms with van der Waals surface area (Å²) >= 11 is 0. The van der Waals surface area contributed by atoms with Gasteiger partial charge in [-0.1, -0.05) is 50.6 Å². The van der Waals surface area contributed by atoms with Crippen LogP contribution >= 0.6 is 0 Å². The number of hydrogen-bond donors (Lipinski definition) is 2. The van der Waals surface area contributed by atoms with Crippen molar-refractivity contribution in [2.45, 2.75) is 32.4 Å². The van der Waals surface area contributed by atoms with Crippen LogP contribution in [0.25, 0.3) is 0 Å². The number of nitrogens with one attached hydrogen (secondary N) is 1. The summed E-state index contributed by atoms with van der Waals surface area (Å²) in [5.74, 6) is -0.0582. The molecule has 22 heavy (non-hydrogen) atoms. The van der Waals surface area contributed by atoms with Gasteiger partial charge in [0.05, 0.1) is 12.6 Å². The zero-order valence-electron chi connectivity index (χ0n) is 12.8. The molecule has 2 rings (SSSR count). The molecule has 7 nitrogen and oxygen atoms in total. The van der Waals surface area contributed by atoms with Crippen LogP contribution in [-0.2, 0) is 4.79 Å². The third-order valence-electron chi connectivity index (χ3n) is 3.85. The van der Waals surface area contributed by atoms with Crippen LogP contribution < -0.4 is 5.32 Å². The molecule has 0 aliphatic heterocycles. The molecule has 3 atom stereocenters. The lowest BCUT2D eigenvalue weighted by Crippen LogP contribution is -2.45. The second-order valence-electron chi connectivity index (χ2n) is 5.29. The van der Waals surface area contributed by atoms with Crippen LogP contribution in [0.5, 0.6) is 0 Å². The standard InChI is InChI=1S/C15H21N5O2/c1-3-11(2)13(9-21)17-15(22)14(20-10-16-18-19-20)12-7-5-4-6-8-12/h4-8,10-11,13-14,21H,3,9H2,1-2H3,(H,17,22)/t11-,13-,14-/m0/s1. The van der Waals surface area contributed by atoms with Crippen LogP contribution in [0.15, 0.2) is 36.7 Å². The van der Waals surface area contributed by atoms with Gasteiger partial charge < -0.3 is 10.4 Å². The van der Waals surface area contributed by atoms with Gasteiger partial charge in [0.15, 0.2) is 6.04 Å². The number of aromatic nitrogens is 4. The first-order chi connectivity index (χ1) is 10.7. The number of carbonyl (C=O) groups excluding carboxylic acids is 1. The minimum atomic E-state index is -0.658. The van der Waals surface area contributed by atoms with Crippen molar-refractivity contribution < 1.29 is 9.90 Å². The van der Waals surface area contributed by atoms with Gasteiger partial charge >= 0.3 is 0 Å². The molecule has 0 aliphatic rings. The molecule has 0 bridgehead atoms. The van der Waals surface area contributed by atoms with Crippen molar-refractivity contribution in [3.63, 3.8) is 0 Å². The quantitative estimate of drug-likeness (QED) is 0.788. The molecule has 1 aromatic carbocycles. The van der Waals surface area contributed by atoms with Crippen molar-refractivity contribution in [3.05, 3.63) is 42.2 Å². The Morgan fingerprint density at radius 3 is 2.64 bits per heavy atom. The highest BCUT2D eigenvalue weighted by Crippen LogP contribution is 2.18. The first-order valence-corrected chi connectivity index (χ1v) is 7.36. The molecular weight excluding hydrogens is 282 g/mol. The molecule has 0 saturated heterocycles. The third-order valence-corrected chi connectivity index (χ3v) is 3.85. The summed E-state index contributed by atoms with van der Waals surface area (Å²) in [5, 5.41) is 23.4. The Hall–Kier alpha value is -2.28. The molecule has 0 aliphatic carbocycles. The highest BCUT2D eigenvalue weighted by molar-refractivity contribution is 5.83. The number of nitrogens with zero attached hydrogens (tertiary/aromatic N) is 4. The second kappa shape index (κ2) is 7.65. The summed E-state index contributed by atoms with van der Waals surface area (Å²) in [7, 11) is 0. The molecule has 7 heteroatoms. The van der Waals surface area contributed by atoms with Crippen molar-refractivity contribution in [3.8, 4) is 0 Å². The second-order valence-corrected chi connectivity index (χ2v) is 5.29. The van der Waals surface area contributed by atoms with Crippen molar-refractivity contribution in [2.24, 2.45) is 5.92 Å². The summed E-state index contributed by atoms with van der Waals surface area (Å²) in [6.07, 6.45) is 2.28. The lowest BCUT2D eigenvalue weighted by molar-refractivity contribution is -0.125. The first kappa shape index (κ1) is 16.1. The Morgan fingerprint density at radius 2 is 2.09 bits per heavy atom. The first-order valence-electron chi connectivity index (χ1n) is 7.36. The van der Waals surface area contributed by atoms with Crippen LogP contribution in [-0.4, -0.2) is 43.9 Å². The molecule has 1 heterocycles. The zero-order valence-corrected chi connectivity index (χ0v) is 12.8. The van der Waals surface area contributed by atoms with E-state index in [1.165, 1.54) is 11.0 Å². The van der Waals surface area contributed by atoms with Gasteiger partial charge in [-0.2, -0.15) is 0 Å². The zero-order chi connectivity index (χ0) is 15.9. The van der Waals surface area contributed by atoms with Gasteiger partial charge in [-0.3, -0.25) is 4.79 Å². The monoisotopic (exact) mass is 303 g/mol. The van der Waals surface area contributed by atoms with Crippen LogP contribution in [0.2, 0.25) is 0 Å². The summed E-state index contributed by atoms with van der Waals surface area (Å²) in [6.45, 7) is 3.92. The number of hydrogen-bond acceptors (Lipinski definition) is 5. The summed E-state index contributed by atoms with van der Waals surface area (Å²) in [6, 6.07) is 8.35. The van der Waals surface area contributed by atoms with E-state index < -0.39 is 6.04 Å².